The summed E-state index contributed by atoms with van der Waals surface area (Å²) in [6.45, 7) is 1.88. The number of hydrogen-bond donors (Lipinski definition) is 1. The molecular weight excluding hydrogens is 264 g/mol. The fraction of sp³-hybridized carbons (Fsp3) is 0.500. The van der Waals surface area contributed by atoms with Crippen LogP contribution in [0.5, 0.6) is 0 Å². The fourth-order valence-corrected chi connectivity index (χ4v) is 1.88. The number of aryl methyl sites for hydroxylation is 1. The van der Waals surface area contributed by atoms with Gasteiger partial charge in [-0.15, -0.1) is 0 Å². The van der Waals surface area contributed by atoms with Gasteiger partial charge in [0, 0.05) is 6.42 Å². The highest BCUT2D eigenvalue weighted by atomic mass is 19.3. The van der Waals surface area contributed by atoms with Crippen molar-refractivity contribution in [1.29, 1.82) is 0 Å². The molecule has 7 heteroatoms. The molecule has 0 bridgehead atoms. The highest BCUT2D eigenvalue weighted by Gasteiger charge is 2.33. The van der Waals surface area contributed by atoms with Crippen LogP contribution in [0, 0.1) is 0 Å². The van der Waals surface area contributed by atoms with Gasteiger partial charge in [0.15, 0.2) is 0 Å². The van der Waals surface area contributed by atoms with Crippen molar-refractivity contribution in [3.8, 4) is 0 Å². The summed E-state index contributed by atoms with van der Waals surface area (Å²) in [7, 11) is 0. The van der Waals surface area contributed by atoms with Gasteiger partial charge in [0.2, 0.25) is 0 Å². The summed E-state index contributed by atoms with van der Waals surface area (Å²) in [6.07, 6.45) is -4.00. The van der Waals surface area contributed by atoms with E-state index in [4.69, 9.17) is 4.42 Å². The monoisotopic (exact) mass is 278 g/mol. The molecule has 1 N–H and O–H groups in total. The van der Waals surface area contributed by atoms with E-state index < -0.39 is 24.6 Å². The van der Waals surface area contributed by atoms with E-state index in [0.717, 1.165) is 16.8 Å². The number of hydrogen-bond acceptors (Lipinski definition) is 3. The van der Waals surface area contributed by atoms with Gasteiger partial charge in [-0.1, -0.05) is 6.92 Å². The van der Waals surface area contributed by atoms with E-state index in [1.54, 1.807) is 12.1 Å². The Balaban J connectivity index is 2.09. The number of rotatable bonds is 5. The minimum absolute atomic E-state index is 0.0145. The lowest BCUT2D eigenvalue weighted by Crippen LogP contribution is -2.40. The number of furan rings is 1. The maximum atomic E-state index is 12.8. The molecule has 1 aliphatic rings. The average molecular weight is 278 g/mol. The summed E-state index contributed by atoms with van der Waals surface area (Å²) >= 11 is 0. The van der Waals surface area contributed by atoms with Crippen molar-refractivity contribution < 1.29 is 22.0 Å². The minimum atomic E-state index is -2.81. The van der Waals surface area contributed by atoms with Crippen molar-refractivity contribution in [1.82, 2.24) is 10.4 Å². The van der Waals surface area contributed by atoms with E-state index in [1.807, 2.05) is 6.92 Å². The number of allylic oxidation sites excluding steroid dienone is 1. The van der Waals surface area contributed by atoms with Gasteiger partial charge in [0.05, 0.1) is 12.2 Å². The van der Waals surface area contributed by atoms with Crippen LogP contribution < -0.4 is 5.43 Å². The number of halogens is 4. The van der Waals surface area contributed by atoms with Gasteiger partial charge in [-0.3, -0.25) is 5.01 Å². The van der Waals surface area contributed by atoms with Gasteiger partial charge in [-0.25, -0.2) is 23.0 Å². The average Bonchev–Trinajstić information content (AvgIpc) is 2.96. The van der Waals surface area contributed by atoms with Gasteiger partial charge in [-0.05, 0) is 18.2 Å². The molecule has 0 aliphatic carbocycles. The van der Waals surface area contributed by atoms with E-state index in [0.29, 0.717) is 12.2 Å². The summed E-state index contributed by atoms with van der Waals surface area (Å²) in [6, 6.07) is 2.01. The number of alkyl halides is 4. The molecule has 1 aromatic heterocycles. The van der Waals surface area contributed by atoms with Gasteiger partial charge in [0.1, 0.15) is 17.6 Å². The lowest BCUT2D eigenvalue weighted by molar-refractivity contribution is 0.0723. The summed E-state index contributed by atoms with van der Waals surface area (Å²) in [5.74, 6) is 1.17. The normalized spacial score (nSPS) is 19.6. The minimum Gasteiger partial charge on any atom is -0.464 e. The first-order valence-electron chi connectivity index (χ1n) is 5.90. The van der Waals surface area contributed by atoms with Crippen LogP contribution in [0.2, 0.25) is 0 Å². The second-order valence-electron chi connectivity index (χ2n) is 4.19. The van der Waals surface area contributed by atoms with E-state index in [2.05, 4.69) is 5.43 Å². The zero-order valence-electron chi connectivity index (χ0n) is 10.2. The molecule has 0 aromatic carbocycles. The molecule has 0 fully saturated rings. The Kier molecular flexibility index (Phi) is 4.14. The first-order chi connectivity index (χ1) is 9.01. The van der Waals surface area contributed by atoms with Crippen molar-refractivity contribution in [2.75, 3.05) is 0 Å². The Hall–Kier alpha value is -1.50. The first kappa shape index (κ1) is 13.9. The van der Waals surface area contributed by atoms with Crippen molar-refractivity contribution >= 4 is 0 Å². The van der Waals surface area contributed by atoms with Crippen LogP contribution in [0.15, 0.2) is 28.3 Å². The molecular formula is C12H14F4N2O. The molecule has 2 rings (SSSR count). The molecule has 0 saturated heterocycles. The van der Waals surface area contributed by atoms with Crippen molar-refractivity contribution in [2.24, 2.45) is 0 Å². The molecule has 0 spiro atoms. The third-order valence-corrected chi connectivity index (χ3v) is 2.84. The Bertz CT molecular complexity index is 458. The Morgan fingerprint density at radius 3 is 2.47 bits per heavy atom. The first-order valence-corrected chi connectivity index (χ1v) is 5.90. The predicted molar refractivity (Wildman–Crippen MR) is 60.6 cm³/mol. The largest absolute Gasteiger partial charge is 0.464 e. The number of nitrogens with one attached hydrogen (secondary N) is 1. The van der Waals surface area contributed by atoms with Crippen molar-refractivity contribution in [2.45, 2.75) is 38.8 Å². The summed E-state index contributed by atoms with van der Waals surface area (Å²) in [5.41, 5.74) is 1.90. The SMILES string of the molecule is CCc1ccc(CN2NC(C(F)F)C=C2C(F)F)o1. The molecule has 106 valence electrons. The van der Waals surface area contributed by atoms with Crippen LogP contribution in [0.25, 0.3) is 0 Å². The second kappa shape index (κ2) is 5.64. The van der Waals surface area contributed by atoms with E-state index in [1.165, 1.54) is 0 Å². The highest BCUT2D eigenvalue weighted by molar-refractivity contribution is 5.16. The molecule has 0 amide bonds. The Labute approximate surface area is 107 Å². The maximum Gasteiger partial charge on any atom is 0.279 e. The molecule has 1 aliphatic heterocycles. The standard InChI is InChI=1S/C12H14F4N2O/c1-2-7-3-4-8(19-7)6-18-10(12(15)16)5-9(17-18)11(13)14/h3-5,9,11-12,17H,2,6H2,1H3. The zero-order valence-corrected chi connectivity index (χ0v) is 10.2. The van der Waals surface area contributed by atoms with Crippen molar-refractivity contribution in [3.63, 3.8) is 0 Å². The highest BCUT2D eigenvalue weighted by Crippen LogP contribution is 2.24. The number of hydrazine groups is 1. The zero-order chi connectivity index (χ0) is 14.0. The molecule has 2 heterocycles. The van der Waals surface area contributed by atoms with Crippen LogP contribution in [0.3, 0.4) is 0 Å². The second-order valence-corrected chi connectivity index (χ2v) is 4.19. The maximum absolute atomic E-state index is 12.8. The lowest BCUT2D eigenvalue weighted by Gasteiger charge is -2.22. The van der Waals surface area contributed by atoms with Crippen LogP contribution >= 0.6 is 0 Å². The molecule has 19 heavy (non-hydrogen) atoms. The van der Waals surface area contributed by atoms with E-state index in [-0.39, 0.29) is 6.54 Å². The summed E-state index contributed by atoms with van der Waals surface area (Å²) in [4.78, 5) is 0. The topological polar surface area (TPSA) is 28.4 Å². The molecule has 1 atom stereocenters. The van der Waals surface area contributed by atoms with Gasteiger partial charge in [0.25, 0.3) is 12.9 Å². The summed E-state index contributed by atoms with van der Waals surface area (Å²) < 4.78 is 56.0. The Morgan fingerprint density at radius 1 is 1.26 bits per heavy atom. The third-order valence-electron chi connectivity index (χ3n) is 2.84. The molecule has 1 unspecified atom stereocenters. The number of nitrogens with zero attached hydrogens (tertiary/aromatic N) is 1. The van der Waals surface area contributed by atoms with E-state index in [9.17, 15) is 17.6 Å². The quantitative estimate of drug-likeness (QED) is 0.839. The van der Waals surface area contributed by atoms with Crippen LogP contribution in [0.4, 0.5) is 17.6 Å². The molecule has 1 aromatic rings. The smallest absolute Gasteiger partial charge is 0.279 e. The molecule has 3 nitrogen and oxygen atoms in total. The van der Waals surface area contributed by atoms with Crippen molar-refractivity contribution in [3.05, 3.63) is 35.4 Å². The summed E-state index contributed by atoms with van der Waals surface area (Å²) in [5, 5.41) is 1.01. The van der Waals surface area contributed by atoms with Gasteiger partial charge < -0.3 is 4.42 Å². The van der Waals surface area contributed by atoms with Crippen LogP contribution in [0.1, 0.15) is 18.4 Å². The predicted octanol–water partition coefficient (Wildman–Crippen LogP) is 2.94. The van der Waals surface area contributed by atoms with E-state index >= 15 is 0 Å². The molecule has 0 radical (unpaired) electrons. The van der Waals surface area contributed by atoms with Crippen LogP contribution in [-0.2, 0) is 13.0 Å². The van der Waals surface area contributed by atoms with Gasteiger partial charge in [-0.2, -0.15) is 0 Å². The lowest BCUT2D eigenvalue weighted by atomic mass is 10.3. The molecule has 0 saturated carbocycles. The van der Waals surface area contributed by atoms with Crippen LogP contribution in [-0.4, -0.2) is 23.9 Å². The third kappa shape index (κ3) is 3.09. The van der Waals surface area contributed by atoms with Gasteiger partial charge >= 0.3 is 0 Å². The fourth-order valence-electron chi connectivity index (χ4n) is 1.88. The Morgan fingerprint density at radius 2 is 1.95 bits per heavy atom.